The number of hydrogen-bond donors (Lipinski definition) is 1. The lowest BCUT2D eigenvalue weighted by molar-refractivity contribution is 0.282. The van der Waals surface area contributed by atoms with Gasteiger partial charge in [0.05, 0.1) is 6.61 Å². The molecule has 2 rings (SSSR count). The Bertz CT molecular complexity index is 494. The molecule has 0 aromatic heterocycles. The molecule has 0 spiro atoms. The maximum Gasteiger partial charge on any atom is 0.0702 e. The summed E-state index contributed by atoms with van der Waals surface area (Å²) in [4.78, 5) is 2.09. The molecule has 1 N–H and O–H groups in total. The highest BCUT2D eigenvalue weighted by atomic mass is 16.3. The number of benzene rings is 2. The van der Waals surface area contributed by atoms with Crippen molar-refractivity contribution in [2.24, 2.45) is 0 Å². The fourth-order valence-electron chi connectivity index (χ4n) is 1.96. The smallest absolute Gasteiger partial charge is 0.0702 e. The molecule has 0 bridgehead atoms. The van der Waals surface area contributed by atoms with E-state index >= 15 is 0 Å². The van der Waals surface area contributed by atoms with Gasteiger partial charge in [0.2, 0.25) is 0 Å². The first kappa shape index (κ1) is 11.7. The summed E-state index contributed by atoms with van der Waals surface area (Å²) >= 11 is 0. The molecule has 88 valence electrons. The van der Waals surface area contributed by atoms with Gasteiger partial charge in [0.25, 0.3) is 0 Å². The fraction of sp³-hybridized carbons (Fsp3) is 0.200. The van der Waals surface area contributed by atoms with Gasteiger partial charge in [0.15, 0.2) is 0 Å². The van der Waals surface area contributed by atoms with E-state index in [1.165, 1.54) is 5.56 Å². The number of rotatable bonds is 3. The van der Waals surface area contributed by atoms with Crippen LogP contribution in [0.4, 0.5) is 11.4 Å². The molecule has 2 aromatic rings. The van der Waals surface area contributed by atoms with Crippen LogP contribution in [0.2, 0.25) is 0 Å². The molecule has 0 unspecified atom stereocenters. The normalized spacial score (nSPS) is 10.3. The summed E-state index contributed by atoms with van der Waals surface area (Å²) in [6, 6.07) is 16.3. The Morgan fingerprint density at radius 2 is 1.76 bits per heavy atom. The third kappa shape index (κ3) is 2.48. The van der Waals surface area contributed by atoms with E-state index in [0.717, 1.165) is 16.9 Å². The minimum atomic E-state index is 0.0637. The monoisotopic (exact) mass is 227 g/mol. The zero-order chi connectivity index (χ0) is 12.3. The Hall–Kier alpha value is -1.80. The molecule has 0 aliphatic rings. The van der Waals surface area contributed by atoms with Crippen molar-refractivity contribution >= 4 is 11.4 Å². The van der Waals surface area contributed by atoms with Crippen LogP contribution in [0.1, 0.15) is 11.1 Å². The van der Waals surface area contributed by atoms with Crippen molar-refractivity contribution in [1.82, 2.24) is 0 Å². The van der Waals surface area contributed by atoms with E-state index in [2.05, 4.69) is 23.1 Å². The Morgan fingerprint density at radius 3 is 2.41 bits per heavy atom. The highest BCUT2D eigenvalue weighted by molar-refractivity contribution is 5.66. The minimum Gasteiger partial charge on any atom is -0.392 e. The van der Waals surface area contributed by atoms with Crippen LogP contribution < -0.4 is 4.90 Å². The minimum absolute atomic E-state index is 0.0637. The van der Waals surface area contributed by atoms with Crippen LogP contribution in [0.5, 0.6) is 0 Å². The molecular formula is C15H17NO. The number of para-hydroxylation sites is 1. The molecule has 0 saturated carbocycles. The topological polar surface area (TPSA) is 23.5 Å². The molecular weight excluding hydrogens is 210 g/mol. The Morgan fingerprint density at radius 1 is 1.06 bits per heavy atom. The average Bonchev–Trinajstić information content (AvgIpc) is 2.39. The highest BCUT2D eigenvalue weighted by Gasteiger charge is 2.08. The van der Waals surface area contributed by atoms with Crippen molar-refractivity contribution in [2.45, 2.75) is 13.5 Å². The molecule has 2 aromatic carbocycles. The van der Waals surface area contributed by atoms with Crippen LogP contribution >= 0.6 is 0 Å². The Kier molecular flexibility index (Phi) is 3.45. The van der Waals surface area contributed by atoms with Crippen molar-refractivity contribution in [1.29, 1.82) is 0 Å². The highest BCUT2D eigenvalue weighted by Crippen LogP contribution is 2.27. The lowest BCUT2D eigenvalue weighted by atomic mass is 10.1. The lowest BCUT2D eigenvalue weighted by Crippen LogP contribution is -2.11. The second kappa shape index (κ2) is 5.02. The summed E-state index contributed by atoms with van der Waals surface area (Å²) < 4.78 is 0. The molecule has 0 aliphatic heterocycles. The van der Waals surface area contributed by atoms with Gasteiger partial charge < -0.3 is 10.0 Å². The third-order valence-electron chi connectivity index (χ3n) is 2.91. The van der Waals surface area contributed by atoms with Crippen LogP contribution in [0.15, 0.2) is 48.5 Å². The predicted octanol–water partition coefficient (Wildman–Crippen LogP) is 3.26. The van der Waals surface area contributed by atoms with Gasteiger partial charge in [-0.25, -0.2) is 0 Å². The summed E-state index contributed by atoms with van der Waals surface area (Å²) in [5.41, 5.74) is 4.28. The molecule has 2 heteroatoms. The van der Waals surface area contributed by atoms with Crippen LogP contribution in [-0.2, 0) is 6.61 Å². The van der Waals surface area contributed by atoms with E-state index in [1.54, 1.807) is 0 Å². The lowest BCUT2D eigenvalue weighted by Gasteiger charge is -2.22. The Balaban J connectivity index is 2.40. The number of nitrogens with zero attached hydrogens (tertiary/aromatic N) is 1. The second-order valence-corrected chi connectivity index (χ2v) is 4.18. The van der Waals surface area contributed by atoms with Crippen molar-refractivity contribution < 1.29 is 5.11 Å². The van der Waals surface area contributed by atoms with Gasteiger partial charge in [0.1, 0.15) is 0 Å². The summed E-state index contributed by atoms with van der Waals surface area (Å²) in [5, 5.41) is 9.41. The number of anilines is 2. The molecule has 0 heterocycles. The van der Waals surface area contributed by atoms with Gasteiger partial charge in [-0.05, 0) is 25.1 Å². The molecule has 2 nitrogen and oxygen atoms in total. The van der Waals surface area contributed by atoms with Gasteiger partial charge >= 0.3 is 0 Å². The van der Waals surface area contributed by atoms with E-state index in [1.807, 2.05) is 44.3 Å². The standard InChI is InChI=1S/C15H17NO/c1-12-8-9-15(13(10-12)11-17)16(2)14-6-4-3-5-7-14/h3-10,17H,11H2,1-2H3. The van der Waals surface area contributed by atoms with E-state index in [4.69, 9.17) is 0 Å². The first-order chi connectivity index (χ1) is 8.22. The van der Waals surface area contributed by atoms with Gasteiger partial charge in [-0.15, -0.1) is 0 Å². The first-order valence-electron chi connectivity index (χ1n) is 5.71. The number of aryl methyl sites for hydroxylation is 1. The average molecular weight is 227 g/mol. The van der Waals surface area contributed by atoms with Crippen LogP contribution in [0, 0.1) is 6.92 Å². The SMILES string of the molecule is Cc1ccc(N(C)c2ccccc2)c(CO)c1. The van der Waals surface area contributed by atoms with Crippen molar-refractivity contribution in [3.05, 3.63) is 59.7 Å². The summed E-state index contributed by atoms with van der Waals surface area (Å²) in [5.74, 6) is 0. The molecule has 17 heavy (non-hydrogen) atoms. The van der Waals surface area contributed by atoms with Crippen molar-refractivity contribution in [3.63, 3.8) is 0 Å². The van der Waals surface area contributed by atoms with Crippen LogP contribution in [-0.4, -0.2) is 12.2 Å². The molecule has 0 aliphatic carbocycles. The summed E-state index contributed by atoms with van der Waals surface area (Å²) in [6.07, 6.45) is 0. The number of aliphatic hydroxyl groups excluding tert-OH is 1. The second-order valence-electron chi connectivity index (χ2n) is 4.18. The maximum atomic E-state index is 9.41. The molecule has 0 fully saturated rings. The van der Waals surface area contributed by atoms with Crippen molar-refractivity contribution in [2.75, 3.05) is 11.9 Å². The largest absolute Gasteiger partial charge is 0.392 e. The fourth-order valence-corrected chi connectivity index (χ4v) is 1.96. The summed E-state index contributed by atoms with van der Waals surface area (Å²) in [6.45, 7) is 2.10. The number of aliphatic hydroxyl groups is 1. The predicted molar refractivity (Wildman–Crippen MR) is 71.6 cm³/mol. The van der Waals surface area contributed by atoms with Gasteiger partial charge in [-0.3, -0.25) is 0 Å². The molecule has 0 radical (unpaired) electrons. The summed E-state index contributed by atoms with van der Waals surface area (Å²) in [7, 11) is 2.01. The zero-order valence-corrected chi connectivity index (χ0v) is 10.2. The van der Waals surface area contributed by atoms with Gasteiger partial charge in [0, 0.05) is 24.0 Å². The molecule has 0 amide bonds. The van der Waals surface area contributed by atoms with Gasteiger partial charge in [-0.2, -0.15) is 0 Å². The van der Waals surface area contributed by atoms with E-state index in [0.29, 0.717) is 0 Å². The zero-order valence-electron chi connectivity index (χ0n) is 10.2. The number of hydrogen-bond acceptors (Lipinski definition) is 2. The van der Waals surface area contributed by atoms with Gasteiger partial charge in [-0.1, -0.05) is 35.9 Å². The van der Waals surface area contributed by atoms with Crippen LogP contribution in [0.3, 0.4) is 0 Å². The third-order valence-corrected chi connectivity index (χ3v) is 2.91. The van der Waals surface area contributed by atoms with Crippen LogP contribution in [0.25, 0.3) is 0 Å². The van der Waals surface area contributed by atoms with Crippen molar-refractivity contribution in [3.8, 4) is 0 Å². The quantitative estimate of drug-likeness (QED) is 0.870. The van der Waals surface area contributed by atoms with E-state index in [9.17, 15) is 5.11 Å². The molecule has 0 saturated heterocycles. The van der Waals surface area contributed by atoms with E-state index in [-0.39, 0.29) is 6.61 Å². The van der Waals surface area contributed by atoms with E-state index < -0.39 is 0 Å². The maximum absolute atomic E-state index is 9.41. The molecule has 0 atom stereocenters. The Labute approximate surface area is 102 Å². The first-order valence-corrected chi connectivity index (χ1v) is 5.71.